The van der Waals surface area contributed by atoms with E-state index in [0.717, 1.165) is 31.0 Å². The lowest BCUT2D eigenvalue weighted by molar-refractivity contribution is -0.131. The van der Waals surface area contributed by atoms with Gasteiger partial charge in [-0.1, -0.05) is 0 Å². The summed E-state index contributed by atoms with van der Waals surface area (Å²) in [7, 11) is 0. The number of nitrogens with two attached hydrogens (primary N) is 1. The summed E-state index contributed by atoms with van der Waals surface area (Å²) in [5.41, 5.74) is 6.63. The van der Waals surface area contributed by atoms with Crippen molar-refractivity contribution >= 4 is 23.4 Å². The molecule has 1 aliphatic rings. The van der Waals surface area contributed by atoms with E-state index in [1.165, 1.54) is 6.07 Å². The van der Waals surface area contributed by atoms with E-state index in [0.29, 0.717) is 24.2 Å². The fourth-order valence-corrected chi connectivity index (χ4v) is 3.34. The monoisotopic (exact) mass is 336 g/mol. The van der Waals surface area contributed by atoms with E-state index in [-0.39, 0.29) is 5.91 Å². The molecule has 7 heteroatoms. The highest BCUT2D eigenvalue weighted by Crippen LogP contribution is 2.17. The molecule has 1 aliphatic heterocycles. The summed E-state index contributed by atoms with van der Waals surface area (Å²) in [6, 6.07) is 5.81. The number of halogens is 1. The molecule has 1 heterocycles. The molecule has 3 N–H and O–H groups in total. The number of unbranched alkanes of at least 4 members (excludes halogenated alkanes) is 1. The molecule has 0 radical (unpaired) electrons. The Kier molecular flexibility index (Phi) is 6.68. The van der Waals surface area contributed by atoms with Crippen LogP contribution in [0.25, 0.3) is 0 Å². The number of nitriles is 1. The standard InChI is InChI=1S/C16H21FN4OS/c17-13-9-12(10-18)4-5-15(13)20-6-2-1-3-14(19)16(22)21-7-8-23-11-21/h4-5,9,14,20H,1-3,6-8,11,19H2/t14-/m0/s1. The molecule has 1 saturated heterocycles. The van der Waals surface area contributed by atoms with Gasteiger partial charge in [-0.25, -0.2) is 4.39 Å². The molecule has 124 valence electrons. The number of rotatable bonds is 7. The number of carbonyl (C=O) groups is 1. The van der Waals surface area contributed by atoms with Gasteiger partial charge in [-0.3, -0.25) is 4.79 Å². The molecule has 1 fully saturated rings. The zero-order valence-electron chi connectivity index (χ0n) is 12.9. The van der Waals surface area contributed by atoms with Gasteiger partial charge in [0.2, 0.25) is 5.91 Å². The van der Waals surface area contributed by atoms with Gasteiger partial charge in [0, 0.05) is 18.8 Å². The molecule has 1 aromatic rings. The van der Waals surface area contributed by atoms with Crippen LogP contribution < -0.4 is 11.1 Å². The summed E-state index contributed by atoms with van der Waals surface area (Å²) in [6.45, 7) is 1.39. The minimum absolute atomic E-state index is 0.0288. The molecule has 0 saturated carbocycles. The van der Waals surface area contributed by atoms with Gasteiger partial charge in [-0.15, -0.1) is 11.8 Å². The van der Waals surface area contributed by atoms with Gasteiger partial charge in [-0.05, 0) is 37.5 Å². The molecular formula is C16H21FN4OS. The largest absolute Gasteiger partial charge is 0.383 e. The molecule has 1 atom stereocenters. The molecule has 23 heavy (non-hydrogen) atoms. The first-order valence-corrected chi connectivity index (χ1v) is 8.83. The minimum atomic E-state index is -0.444. The number of anilines is 1. The maximum atomic E-state index is 13.7. The SMILES string of the molecule is N#Cc1ccc(NCCCC[C@H](N)C(=O)N2CCSC2)c(F)c1. The predicted octanol–water partition coefficient (Wildman–Crippen LogP) is 2.14. The molecule has 0 spiro atoms. The van der Waals surface area contributed by atoms with Crippen molar-refractivity contribution in [1.82, 2.24) is 4.90 Å². The summed E-state index contributed by atoms with van der Waals surface area (Å²) >= 11 is 1.75. The zero-order valence-corrected chi connectivity index (χ0v) is 13.7. The maximum Gasteiger partial charge on any atom is 0.240 e. The second kappa shape index (κ2) is 8.75. The van der Waals surface area contributed by atoms with Gasteiger partial charge >= 0.3 is 0 Å². The Balaban J connectivity index is 1.65. The fraction of sp³-hybridized carbons (Fsp3) is 0.500. The van der Waals surface area contributed by atoms with E-state index in [9.17, 15) is 9.18 Å². The lowest BCUT2D eigenvalue weighted by Crippen LogP contribution is -2.42. The van der Waals surface area contributed by atoms with Crippen LogP contribution in [0.2, 0.25) is 0 Å². The molecule has 0 aromatic heterocycles. The minimum Gasteiger partial charge on any atom is -0.383 e. The van der Waals surface area contributed by atoms with Crippen molar-refractivity contribution in [1.29, 1.82) is 5.26 Å². The highest BCUT2D eigenvalue weighted by molar-refractivity contribution is 7.99. The molecule has 2 rings (SSSR count). The van der Waals surface area contributed by atoms with Crippen molar-refractivity contribution in [2.75, 3.05) is 30.0 Å². The Morgan fingerprint density at radius 3 is 3.00 bits per heavy atom. The van der Waals surface area contributed by atoms with Gasteiger partial charge in [0.25, 0.3) is 0 Å². The molecule has 0 aliphatic carbocycles. The second-order valence-corrected chi connectivity index (χ2v) is 6.55. The second-order valence-electron chi connectivity index (χ2n) is 5.47. The first-order chi connectivity index (χ1) is 11.1. The number of amides is 1. The average Bonchev–Trinajstić information content (AvgIpc) is 3.09. The summed E-state index contributed by atoms with van der Waals surface area (Å²) in [4.78, 5) is 13.8. The first kappa shape index (κ1) is 17.6. The molecular weight excluding hydrogens is 315 g/mol. The van der Waals surface area contributed by atoms with Crippen LogP contribution in [0, 0.1) is 17.1 Å². The lowest BCUT2D eigenvalue weighted by Gasteiger charge is -2.19. The van der Waals surface area contributed by atoms with Crippen LogP contribution in [0.4, 0.5) is 10.1 Å². The van der Waals surface area contributed by atoms with Crippen LogP contribution in [0.3, 0.4) is 0 Å². The Labute approximate surface area is 140 Å². The third-order valence-corrected chi connectivity index (χ3v) is 4.70. The van der Waals surface area contributed by atoms with Gasteiger partial charge in [0.05, 0.1) is 29.2 Å². The highest BCUT2D eigenvalue weighted by Gasteiger charge is 2.23. The average molecular weight is 336 g/mol. The van der Waals surface area contributed by atoms with Gasteiger partial charge in [0.1, 0.15) is 5.82 Å². The van der Waals surface area contributed by atoms with Crippen LogP contribution in [-0.2, 0) is 4.79 Å². The van der Waals surface area contributed by atoms with Crippen molar-refractivity contribution < 1.29 is 9.18 Å². The summed E-state index contributed by atoms with van der Waals surface area (Å²) < 4.78 is 13.7. The summed E-state index contributed by atoms with van der Waals surface area (Å²) in [5, 5.41) is 11.7. The van der Waals surface area contributed by atoms with Gasteiger partial charge < -0.3 is 16.0 Å². The van der Waals surface area contributed by atoms with Gasteiger partial charge in [-0.2, -0.15) is 5.26 Å². The van der Waals surface area contributed by atoms with Gasteiger partial charge in [0.15, 0.2) is 0 Å². The Morgan fingerprint density at radius 1 is 1.52 bits per heavy atom. The van der Waals surface area contributed by atoms with E-state index < -0.39 is 11.9 Å². The van der Waals surface area contributed by atoms with Crippen LogP contribution >= 0.6 is 11.8 Å². The molecule has 5 nitrogen and oxygen atoms in total. The van der Waals surface area contributed by atoms with Crippen molar-refractivity contribution in [3.63, 3.8) is 0 Å². The Hall–Kier alpha value is -1.78. The van der Waals surface area contributed by atoms with E-state index in [2.05, 4.69) is 5.32 Å². The van der Waals surface area contributed by atoms with Crippen molar-refractivity contribution in [2.45, 2.75) is 25.3 Å². The van der Waals surface area contributed by atoms with Crippen LogP contribution in [0.15, 0.2) is 18.2 Å². The number of nitrogens with one attached hydrogen (secondary N) is 1. The lowest BCUT2D eigenvalue weighted by atomic mass is 10.1. The fourth-order valence-electron chi connectivity index (χ4n) is 2.39. The van der Waals surface area contributed by atoms with E-state index in [1.54, 1.807) is 28.8 Å². The van der Waals surface area contributed by atoms with Crippen molar-refractivity contribution in [2.24, 2.45) is 5.73 Å². The Bertz CT molecular complexity index is 584. The van der Waals surface area contributed by atoms with E-state index >= 15 is 0 Å². The molecule has 0 bridgehead atoms. The van der Waals surface area contributed by atoms with Crippen LogP contribution in [0.5, 0.6) is 0 Å². The predicted molar refractivity (Wildman–Crippen MR) is 90.5 cm³/mol. The van der Waals surface area contributed by atoms with E-state index in [4.69, 9.17) is 11.0 Å². The van der Waals surface area contributed by atoms with E-state index in [1.807, 2.05) is 6.07 Å². The molecule has 1 amide bonds. The number of thioether (sulfide) groups is 1. The smallest absolute Gasteiger partial charge is 0.240 e. The number of hydrogen-bond acceptors (Lipinski definition) is 5. The van der Waals surface area contributed by atoms with Crippen LogP contribution in [-0.4, -0.2) is 41.6 Å². The van der Waals surface area contributed by atoms with Crippen molar-refractivity contribution in [3.05, 3.63) is 29.6 Å². The topological polar surface area (TPSA) is 82.1 Å². The van der Waals surface area contributed by atoms with Crippen LogP contribution in [0.1, 0.15) is 24.8 Å². The zero-order chi connectivity index (χ0) is 16.7. The first-order valence-electron chi connectivity index (χ1n) is 7.67. The normalized spacial score (nSPS) is 15.3. The van der Waals surface area contributed by atoms with Crippen molar-refractivity contribution in [3.8, 4) is 6.07 Å². The quantitative estimate of drug-likeness (QED) is 0.746. The number of benzene rings is 1. The number of nitrogens with zero attached hydrogens (tertiary/aromatic N) is 2. The summed E-state index contributed by atoms with van der Waals surface area (Å²) in [6.07, 6.45) is 2.24. The third kappa shape index (κ3) is 5.12. The summed E-state index contributed by atoms with van der Waals surface area (Å²) in [5.74, 6) is 1.33. The highest BCUT2D eigenvalue weighted by atomic mass is 32.2. The number of hydrogen-bond donors (Lipinski definition) is 2. The maximum absolute atomic E-state index is 13.7. The Morgan fingerprint density at radius 2 is 2.35 bits per heavy atom. The molecule has 0 unspecified atom stereocenters. The third-order valence-electron chi connectivity index (χ3n) is 3.74. The molecule has 1 aromatic carbocycles. The number of carbonyl (C=O) groups excluding carboxylic acids is 1.